The summed E-state index contributed by atoms with van der Waals surface area (Å²) in [6.07, 6.45) is -0.666. The Balaban J connectivity index is 3.07. The molecule has 0 aromatic heterocycles. The summed E-state index contributed by atoms with van der Waals surface area (Å²) in [5.41, 5.74) is 6.85. The molecule has 74 valence electrons. The molecule has 2 unspecified atom stereocenters. The Morgan fingerprint density at radius 3 is 2.64 bits per heavy atom. The number of aliphatic hydroxyl groups excluding tert-OH is 1. The van der Waals surface area contributed by atoms with Gasteiger partial charge in [0.15, 0.2) is 0 Å². The van der Waals surface area contributed by atoms with Crippen LogP contribution in [0.1, 0.15) is 24.1 Å². The van der Waals surface area contributed by atoms with Gasteiger partial charge in [-0.15, -0.1) is 0 Å². The largest absolute Gasteiger partial charge is 0.391 e. The lowest BCUT2D eigenvalue weighted by molar-refractivity contribution is 0.164. The predicted molar refractivity (Wildman–Crippen MR) is 54.8 cm³/mol. The van der Waals surface area contributed by atoms with Gasteiger partial charge in [-0.05, 0) is 24.6 Å². The van der Waals surface area contributed by atoms with Gasteiger partial charge >= 0.3 is 0 Å². The van der Waals surface area contributed by atoms with Crippen molar-refractivity contribution in [2.24, 2.45) is 5.73 Å². The van der Waals surface area contributed by atoms with Crippen LogP contribution in [0, 0.1) is 11.3 Å². The minimum atomic E-state index is -0.666. The first-order valence-corrected chi connectivity index (χ1v) is 4.57. The van der Waals surface area contributed by atoms with Crippen LogP contribution in [0.3, 0.4) is 0 Å². The number of aliphatic hydroxyl groups is 1. The van der Waals surface area contributed by atoms with Crippen LogP contribution in [-0.4, -0.2) is 11.2 Å². The fourth-order valence-electron chi connectivity index (χ4n) is 1.13. The minimum absolute atomic E-state index is 0.414. The molecule has 0 amide bonds. The van der Waals surface area contributed by atoms with Crippen molar-refractivity contribution >= 4 is 11.6 Å². The summed E-state index contributed by atoms with van der Waals surface area (Å²) in [6.45, 7) is 1.60. The molecule has 0 saturated heterocycles. The Bertz CT molecular complexity index is 371. The van der Waals surface area contributed by atoms with Crippen molar-refractivity contribution in [2.75, 3.05) is 0 Å². The minimum Gasteiger partial charge on any atom is -0.391 e. The highest BCUT2D eigenvalue weighted by atomic mass is 35.5. The van der Waals surface area contributed by atoms with Crippen LogP contribution in [0.15, 0.2) is 18.2 Å². The van der Waals surface area contributed by atoms with E-state index in [9.17, 15) is 5.11 Å². The third kappa shape index (κ3) is 2.24. The molecule has 0 heterocycles. The maximum atomic E-state index is 9.28. The monoisotopic (exact) mass is 210 g/mol. The van der Waals surface area contributed by atoms with E-state index in [1.165, 1.54) is 0 Å². The van der Waals surface area contributed by atoms with Crippen LogP contribution in [0.2, 0.25) is 5.02 Å². The molecule has 0 aliphatic heterocycles. The first kappa shape index (κ1) is 11.0. The summed E-state index contributed by atoms with van der Waals surface area (Å²) in [6, 6.07) is 6.29. The summed E-state index contributed by atoms with van der Waals surface area (Å²) in [5.74, 6) is 0. The molecular weight excluding hydrogens is 200 g/mol. The van der Waals surface area contributed by atoms with E-state index in [0.717, 1.165) is 0 Å². The van der Waals surface area contributed by atoms with E-state index in [-0.39, 0.29) is 0 Å². The third-order valence-electron chi connectivity index (χ3n) is 2.01. The maximum absolute atomic E-state index is 9.28. The van der Waals surface area contributed by atoms with E-state index >= 15 is 0 Å². The Labute approximate surface area is 87.7 Å². The number of benzene rings is 1. The fourth-order valence-corrected chi connectivity index (χ4v) is 1.43. The SMILES string of the molecule is CC(O)C(N)c1ccc(C#N)cc1Cl. The van der Waals surface area contributed by atoms with Crippen molar-refractivity contribution in [1.29, 1.82) is 5.26 Å². The number of halogens is 1. The molecule has 1 aromatic carbocycles. The first-order chi connectivity index (χ1) is 6.56. The predicted octanol–water partition coefficient (Wildman–Crippen LogP) is 1.59. The first-order valence-electron chi connectivity index (χ1n) is 4.19. The van der Waals surface area contributed by atoms with Gasteiger partial charge in [-0.2, -0.15) is 5.26 Å². The summed E-state index contributed by atoms with van der Waals surface area (Å²) in [4.78, 5) is 0. The highest BCUT2D eigenvalue weighted by molar-refractivity contribution is 6.31. The average Bonchev–Trinajstić information content (AvgIpc) is 2.16. The van der Waals surface area contributed by atoms with Crippen LogP contribution in [0.25, 0.3) is 0 Å². The fraction of sp³-hybridized carbons (Fsp3) is 0.300. The van der Waals surface area contributed by atoms with Gasteiger partial charge in [0.2, 0.25) is 0 Å². The van der Waals surface area contributed by atoms with Crippen molar-refractivity contribution in [3.05, 3.63) is 34.3 Å². The number of hydrogen-bond donors (Lipinski definition) is 2. The van der Waals surface area contributed by atoms with Crippen molar-refractivity contribution in [3.63, 3.8) is 0 Å². The molecule has 0 aliphatic rings. The number of hydrogen-bond acceptors (Lipinski definition) is 3. The summed E-state index contributed by atoms with van der Waals surface area (Å²) in [7, 11) is 0. The highest BCUT2D eigenvalue weighted by Gasteiger charge is 2.15. The van der Waals surface area contributed by atoms with E-state index in [0.29, 0.717) is 16.1 Å². The average molecular weight is 211 g/mol. The zero-order valence-corrected chi connectivity index (χ0v) is 8.49. The van der Waals surface area contributed by atoms with E-state index < -0.39 is 12.1 Å². The van der Waals surface area contributed by atoms with Gasteiger partial charge in [0, 0.05) is 5.02 Å². The van der Waals surface area contributed by atoms with Gasteiger partial charge in [-0.3, -0.25) is 0 Å². The second-order valence-electron chi connectivity index (χ2n) is 3.11. The van der Waals surface area contributed by atoms with Gasteiger partial charge in [0.25, 0.3) is 0 Å². The molecule has 14 heavy (non-hydrogen) atoms. The number of nitriles is 1. The number of nitrogens with two attached hydrogens (primary N) is 1. The number of rotatable bonds is 2. The van der Waals surface area contributed by atoms with E-state index in [1.807, 2.05) is 6.07 Å². The Hall–Kier alpha value is -1.08. The molecule has 0 aliphatic carbocycles. The standard InChI is InChI=1S/C10H11ClN2O/c1-6(14)10(13)8-3-2-7(5-12)4-9(8)11/h2-4,6,10,14H,13H2,1H3. The zero-order valence-electron chi connectivity index (χ0n) is 7.74. The van der Waals surface area contributed by atoms with Crippen LogP contribution in [0.4, 0.5) is 0 Å². The lowest BCUT2D eigenvalue weighted by atomic mass is 10.0. The highest BCUT2D eigenvalue weighted by Crippen LogP contribution is 2.24. The second kappa shape index (κ2) is 4.43. The Morgan fingerprint density at radius 1 is 1.57 bits per heavy atom. The van der Waals surface area contributed by atoms with Crippen molar-refractivity contribution in [3.8, 4) is 6.07 Å². The quantitative estimate of drug-likeness (QED) is 0.779. The zero-order chi connectivity index (χ0) is 10.7. The van der Waals surface area contributed by atoms with Gasteiger partial charge in [0.05, 0.1) is 23.8 Å². The van der Waals surface area contributed by atoms with Crippen molar-refractivity contribution in [1.82, 2.24) is 0 Å². The molecule has 0 saturated carbocycles. The molecule has 4 heteroatoms. The van der Waals surface area contributed by atoms with Crippen LogP contribution < -0.4 is 5.73 Å². The second-order valence-corrected chi connectivity index (χ2v) is 3.52. The molecule has 0 spiro atoms. The van der Waals surface area contributed by atoms with Gasteiger partial charge in [-0.1, -0.05) is 17.7 Å². The van der Waals surface area contributed by atoms with Gasteiger partial charge < -0.3 is 10.8 Å². The lowest BCUT2D eigenvalue weighted by Gasteiger charge is -2.16. The molecule has 1 aromatic rings. The van der Waals surface area contributed by atoms with Crippen LogP contribution >= 0.6 is 11.6 Å². The molecule has 2 atom stereocenters. The Kier molecular flexibility index (Phi) is 3.48. The molecule has 3 N–H and O–H groups in total. The summed E-state index contributed by atoms with van der Waals surface area (Å²) in [5, 5.41) is 18.3. The van der Waals surface area contributed by atoms with Crippen LogP contribution in [0.5, 0.6) is 0 Å². The maximum Gasteiger partial charge on any atom is 0.0992 e. The summed E-state index contributed by atoms with van der Waals surface area (Å²) < 4.78 is 0. The molecule has 3 nitrogen and oxygen atoms in total. The van der Waals surface area contributed by atoms with Crippen molar-refractivity contribution < 1.29 is 5.11 Å². The van der Waals surface area contributed by atoms with E-state index in [2.05, 4.69) is 0 Å². The molecule has 1 rings (SSSR count). The van der Waals surface area contributed by atoms with Crippen LogP contribution in [-0.2, 0) is 0 Å². The van der Waals surface area contributed by atoms with Gasteiger partial charge in [0.1, 0.15) is 0 Å². The van der Waals surface area contributed by atoms with E-state index in [1.54, 1.807) is 25.1 Å². The number of nitrogens with zero attached hydrogens (tertiary/aromatic N) is 1. The molecular formula is C10H11ClN2O. The molecule has 0 bridgehead atoms. The van der Waals surface area contributed by atoms with Gasteiger partial charge in [-0.25, -0.2) is 0 Å². The molecule has 0 fully saturated rings. The van der Waals surface area contributed by atoms with Crippen molar-refractivity contribution in [2.45, 2.75) is 19.1 Å². The smallest absolute Gasteiger partial charge is 0.0992 e. The molecule has 0 radical (unpaired) electrons. The third-order valence-corrected chi connectivity index (χ3v) is 2.34. The lowest BCUT2D eigenvalue weighted by Crippen LogP contribution is -2.23. The Morgan fingerprint density at radius 2 is 2.21 bits per heavy atom. The normalized spacial score (nSPS) is 14.5. The summed E-state index contributed by atoms with van der Waals surface area (Å²) >= 11 is 5.90. The van der Waals surface area contributed by atoms with E-state index in [4.69, 9.17) is 22.6 Å². The topological polar surface area (TPSA) is 70.0 Å².